The van der Waals surface area contributed by atoms with Gasteiger partial charge in [-0.25, -0.2) is 4.79 Å². The van der Waals surface area contributed by atoms with Crippen LogP contribution in [0.3, 0.4) is 0 Å². The van der Waals surface area contributed by atoms with Crippen molar-refractivity contribution in [3.05, 3.63) is 99.8 Å². The van der Waals surface area contributed by atoms with Crippen LogP contribution in [-0.2, 0) is 24.6 Å². The number of rotatable bonds is 14. The van der Waals surface area contributed by atoms with E-state index in [2.05, 4.69) is 21.3 Å². The van der Waals surface area contributed by atoms with Gasteiger partial charge in [0.1, 0.15) is 37.9 Å². The van der Waals surface area contributed by atoms with E-state index in [1.807, 2.05) is 43.3 Å². The largest absolute Gasteiger partial charge is 0.488 e. The topological polar surface area (TPSA) is 160 Å². The van der Waals surface area contributed by atoms with Crippen LogP contribution in [0.4, 0.5) is 0 Å². The number of carboxylic acids is 1. The molecule has 2 aliphatic rings. The molecule has 1 unspecified atom stereocenters. The molecule has 1 aromatic heterocycles. The van der Waals surface area contributed by atoms with Crippen LogP contribution in [0.15, 0.2) is 67.0 Å². The molecule has 3 heterocycles. The average Bonchev–Trinajstić information content (AvgIpc) is 3.56. The van der Waals surface area contributed by atoms with Gasteiger partial charge in [0, 0.05) is 49.2 Å². The Bertz CT molecular complexity index is 1920. The summed E-state index contributed by atoms with van der Waals surface area (Å²) in [5.41, 5.74) is 5.54. The van der Waals surface area contributed by atoms with E-state index in [0.29, 0.717) is 54.8 Å². The number of fused-ring (bicyclic) bond motifs is 1. The summed E-state index contributed by atoms with van der Waals surface area (Å²) in [6, 6.07) is 15.6. The van der Waals surface area contributed by atoms with Gasteiger partial charge in [0.05, 0.1) is 22.8 Å². The molecule has 274 valence electrons. The van der Waals surface area contributed by atoms with Crippen molar-refractivity contribution in [2.75, 3.05) is 26.3 Å². The molecule has 0 aliphatic carbocycles. The van der Waals surface area contributed by atoms with Crippen molar-refractivity contribution in [1.29, 1.82) is 0 Å². The number of nitrogens with zero attached hydrogens (tertiary/aromatic N) is 2. The maximum absolute atomic E-state index is 12.9. The minimum atomic E-state index is -1.46. The predicted molar refractivity (Wildman–Crippen MR) is 193 cm³/mol. The Morgan fingerprint density at radius 2 is 1.81 bits per heavy atom. The van der Waals surface area contributed by atoms with Gasteiger partial charge in [-0.3, -0.25) is 14.7 Å². The van der Waals surface area contributed by atoms with Crippen molar-refractivity contribution < 1.29 is 43.9 Å². The quantitative estimate of drug-likeness (QED) is 0.136. The maximum atomic E-state index is 12.9. The van der Waals surface area contributed by atoms with Gasteiger partial charge in [-0.15, -0.1) is 0 Å². The van der Waals surface area contributed by atoms with E-state index in [0.717, 1.165) is 45.9 Å². The number of hydrogen-bond acceptors (Lipinski definition) is 10. The van der Waals surface area contributed by atoms with Crippen molar-refractivity contribution in [2.24, 2.45) is 0 Å². The molecule has 0 bridgehead atoms. The summed E-state index contributed by atoms with van der Waals surface area (Å²) in [7, 11) is 0. The molecule has 13 heteroatoms. The third kappa shape index (κ3) is 8.76. The highest BCUT2D eigenvalue weighted by Crippen LogP contribution is 2.38. The zero-order valence-corrected chi connectivity index (χ0v) is 29.8. The van der Waals surface area contributed by atoms with E-state index in [4.69, 9.17) is 30.5 Å². The fourth-order valence-corrected chi connectivity index (χ4v) is 6.54. The molecule has 0 saturated carbocycles. The Balaban J connectivity index is 1.20. The number of ether oxygens (including phenoxy) is 4. The number of amides is 1. The molecule has 3 atom stereocenters. The molecule has 1 fully saturated rings. The number of aromatic nitrogens is 1. The summed E-state index contributed by atoms with van der Waals surface area (Å²) in [6.45, 7) is 6.72. The van der Waals surface area contributed by atoms with Crippen LogP contribution in [0.1, 0.15) is 52.4 Å². The number of benzene rings is 3. The normalized spacial score (nSPS) is 16.6. The van der Waals surface area contributed by atoms with Crippen LogP contribution < -0.4 is 24.3 Å². The van der Waals surface area contributed by atoms with Gasteiger partial charge in [-0.2, -0.15) is 0 Å². The summed E-state index contributed by atoms with van der Waals surface area (Å²) >= 11 is 6.80. The van der Waals surface area contributed by atoms with Crippen LogP contribution >= 0.6 is 11.6 Å². The van der Waals surface area contributed by atoms with E-state index in [-0.39, 0.29) is 25.2 Å². The lowest BCUT2D eigenvalue weighted by Crippen LogP contribution is -2.48. The van der Waals surface area contributed by atoms with Crippen molar-refractivity contribution in [3.8, 4) is 34.1 Å². The fraction of sp³-hybridized carbons (Fsp3) is 0.359. The number of aliphatic hydroxyl groups excluding tert-OH is 2. The molecule has 3 aromatic carbocycles. The lowest BCUT2D eigenvalue weighted by atomic mass is 9.96. The first kappa shape index (κ1) is 36.9. The van der Waals surface area contributed by atoms with Gasteiger partial charge in [-0.1, -0.05) is 42.8 Å². The van der Waals surface area contributed by atoms with Crippen molar-refractivity contribution in [3.63, 3.8) is 0 Å². The number of carbonyl (C=O) groups is 2. The Hall–Kier alpha value is -4.88. The van der Waals surface area contributed by atoms with Crippen molar-refractivity contribution in [2.45, 2.75) is 64.7 Å². The number of likely N-dealkylation sites (tertiary alicyclic amines) is 1. The molecule has 2 aliphatic heterocycles. The zero-order valence-electron chi connectivity index (χ0n) is 29.0. The van der Waals surface area contributed by atoms with Crippen LogP contribution in [0.2, 0.25) is 5.02 Å². The molecule has 1 amide bonds. The van der Waals surface area contributed by atoms with Crippen molar-refractivity contribution in [1.82, 2.24) is 15.2 Å². The van der Waals surface area contributed by atoms with E-state index >= 15 is 0 Å². The molecule has 12 nitrogen and oxygen atoms in total. The van der Waals surface area contributed by atoms with Crippen LogP contribution in [-0.4, -0.2) is 81.6 Å². The fourth-order valence-electron chi connectivity index (χ4n) is 6.29. The first-order valence-corrected chi connectivity index (χ1v) is 17.6. The van der Waals surface area contributed by atoms with Crippen molar-refractivity contribution >= 4 is 23.5 Å². The van der Waals surface area contributed by atoms with Crippen LogP contribution in [0, 0.1) is 6.92 Å². The highest BCUT2D eigenvalue weighted by molar-refractivity contribution is 6.32. The highest BCUT2D eigenvalue weighted by Gasteiger charge is 2.28. The molecular formula is C39H42ClN3O9. The minimum Gasteiger partial charge on any atom is -0.488 e. The zero-order chi connectivity index (χ0) is 36.8. The number of carboxylic acid groups (broad SMARTS) is 1. The second kappa shape index (κ2) is 16.6. The minimum absolute atomic E-state index is 0.0292. The molecule has 1 saturated heterocycles. The van der Waals surface area contributed by atoms with Crippen LogP contribution in [0.25, 0.3) is 11.1 Å². The van der Waals surface area contributed by atoms with E-state index in [1.165, 1.54) is 6.20 Å². The molecule has 0 radical (unpaired) electrons. The lowest BCUT2D eigenvalue weighted by molar-refractivity contribution is -0.142. The summed E-state index contributed by atoms with van der Waals surface area (Å²) in [5, 5.41) is 32.4. The second-order valence-corrected chi connectivity index (χ2v) is 13.3. The first-order chi connectivity index (χ1) is 25.1. The Morgan fingerprint density at radius 3 is 2.56 bits per heavy atom. The molecule has 4 aromatic rings. The van der Waals surface area contributed by atoms with Gasteiger partial charge in [-0.05, 0) is 66.3 Å². The monoisotopic (exact) mass is 731 g/mol. The Kier molecular flexibility index (Phi) is 11.8. The Labute approximate surface area is 306 Å². The number of aliphatic hydroxyl groups is 2. The smallest absolute Gasteiger partial charge is 0.328 e. The molecular weight excluding hydrogens is 690 g/mol. The van der Waals surface area contributed by atoms with Gasteiger partial charge in [0.15, 0.2) is 17.5 Å². The standard InChI is InChI=1S/C39H42ClN3O9/c1-3-32(45)37(39(47)48)42-38(46)27-13-24(17-41-18-27)21-51-34-16-35(31(40)14-28(34)19-43-10-9-29(44)20-43)52-22-26-5-4-6-30(23(26)2)25-7-8-33-36(15-25)50-12-11-49-33/h4-8,13-18,29,32,37,44-45H,3,9-12,19-22H2,1-2H3,(H,42,46)(H,47,48)/t29-,32-,37?/m0/s1. The molecule has 52 heavy (non-hydrogen) atoms. The maximum Gasteiger partial charge on any atom is 0.328 e. The number of carbonyl (C=O) groups excluding carboxylic acids is 1. The van der Waals surface area contributed by atoms with Crippen LogP contribution in [0.5, 0.6) is 23.0 Å². The SMILES string of the molecule is CC[C@H](O)C(NC(=O)c1cncc(COc2cc(OCc3cccc(-c4ccc5c(c4)OCCO5)c3C)c(Cl)cc2CN2CC[C@H](O)C2)c1)C(=O)O. The third-order valence-electron chi connectivity index (χ3n) is 9.25. The highest BCUT2D eigenvalue weighted by atomic mass is 35.5. The molecule has 6 rings (SSSR count). The number of aliphatic carboxylic acids is 1. The lowest BCUT2D eigenvalue weighted by Gasteiger charge is -2.21. The first-order valence-electron chi connectivity index (χ1n) is 17.2. The molecule has 4 N–H and O–H groups in total. The summed E-state index contributed by atoms with van der Waals surface area (Å²) in [4.78, 5) is 30.8. The number of hydrogen-bond donors (Lipinski definition) is 4. The Morgan fingerprint density at radius 1 is 1.02 bits per heavy atom. The third-order valence-corrected chi connectivity index (χ3v) is 9.54. The van der Waals surface area contributed by atoms with E-state index < -0.39 is 30.1 Å². The number of β-amino-alcohol motifs (C(OH)–C–C–N with tert-alkyl or cyclic N) is 1. The summed E-state index contributed by atoms with van der Waals surface area (Å²) < 4.78 is 24.1. The second-order valence-electron chi connectivity index (χ2n) is 12.9. The number of halogens is 1. The van der Waals surface area contributed by atoms with E-state index in [1.54, 1.807) is 25.3 Å². The number of pyridine rings is 1. The van der Waals surface area contributed by atoms with Gasteiger partial charge in [0.25, 0.3) is 5.91 Å². The predicted octanol–water partition coefficient (Wildman–Crippen LogP) is 5.16. The molecule has 0 spiro atoms. The van der Waals surface area contributed by atoms with Gasteiger partial charge >= 0.3 is 5.97 Å². The summed E-state index contributed by atoms with van der Waals surface area (Å²) in [5.74, 6) is 0.364. The van der Waals surface area contributed by atoms with Gasteiger partial charge in [0.2, 0.25) is 0 Å². The van der Waals surface area contributed by atoms with Gasteiger partial charge < -0.3 is 39.6 Å². The number of nitrogens with one attached hydrogen (secondary N) is 1. The average molecular weight is 732 g/mol. The summed E-state index contributed by atoms with van der Waals surface area (Å²) in [6.07, 6.45) is 2.05. The van der Waals surface area contributed by atoms with E-state index in [9.17, 15) is 24.9 Å².